The molecule has 2 atom stereocenters. The smallest absolute Gasteiger partial charge is 0.261 e. The van der Waals surface area contributed by atoms with Crippen LogP contribution in [0.2, 0.25) is 0 Å². The number of amides is 1. The normalized spacial score (nSPS) is 18.6. The monoisotopic (exact) mass is 369 g/mol. The van der Waals surface area contributed by atoms with Crippen molar-refractivity contribution >= 4 is 5.91 Å². The zero-order chi connectivity index (χ0) is 19.6. The molecule has 144 valence electrons. The van der Waals surface area contributed by atoms with Crippen LogP contribution < -0.4 is 19.5 Å². The third-order valence-electron chi connectivity index (χ3n) is 4.67. The molecule has 0 fully saturated rings. The van der Waals surface area contributed by atoms with Crippen LogP contribution in [-0.4, -0.2) is 24.7 Å². The minimum atomic E-state index is -0.628. The molecular weight excluding hydrogens is 342 g/mol. The lowest BCUT2D eigenvalue weighted by Gasteiger charge is -2.38. The highest BCUT2D eigenvalue weighted by Crippen LogP contribution is 2.40. The lowest BCUT2D eigenvalue weighted by molar-refractivity contribution is -0.128. The third kappa shape index (κ3) is 4.54. The molecule has 2 unspecified atom stereocenters. The number of hydrogen-bond donors (Lipinski definition) is 1. The fourth-order valence-electron chi connectivity index (χ4n) is 3.31. The second-order valence-corrected chi connectivity index (χ2v) is 7.61. The van der Waals surface area contributed by atoms with Gasteiger partial charge in [-0.3, -0.25) is 4.79 Å². The van der Waals surface area contributed by atoms with Crippen molar-refractivity contribution < 1.29 is 19.0 Å². The second-order valence-electron chi connectivity index (χ2n) is 7.61. The molecule has 2 aromatic rings. The van der Waals surface area contributed by atoms with E-state index in [-0.39, 0.29) is 17.6 Å². The largest absolute Gasteiger partial charge is 0.497 e. The number of benzene rings is 2. The number of fused-ring (bicyclic) bond motifs is 1. The minimum Gasteiger partial charge on any atom is -0.497 e. The number of aryl methyl sites for hydroxylation is 1. The fraction of sp³-hybridized carbons (Fsp3) is 0.409. The predicted molar refractivity (Wildman–Crippen MR) is 104 cm³/mol. The molecule has 5 nitrogen and oxygen atoms in total. The van der Waals surface area contributed by atoms with Crippen molar-refractivity contribution in [2.75, 3.05) is 7.11 Å². The van der Waals surface area contributed by atoms with Gasteiger partial charge in [0.05, 0.1) is 13.2 Å². The zero-order valence-corrected chi connectivity index (χ0v) is 16.5. The number of hydrogen-bond acceptors (Lipinski definition) is 4. The maximum atomic E-state index is 12.7. The zero-order valence-electron chi connectivity index (χ0n) is 16.5. The van der Waals surface area contributed by atoms with E-state index < -0.39 is 6.10 Å². The standard InChI is InChI=1S/C22H27NO4/c1-14-9-10-18-19(13-22(3,4)27-20(18)11-14)23-21(24)15(2)26-17-8-6-7-16(12-17)25-5/h6-12,15,19H,13H2,1-5H3,(H,23,24). The van der Waals surface area contributed by atoms with Crippen molar-refractivity contribution in [1.82, 2.24) is 5.32 Å². The van der Waals surface area contributed by atoms with Crippen LogP contribution in [0.3, 0.4) is 0 Å². The molecule has 1 amide bonds. The Hall–Kier alpha value is -2.69. The number of rotatable bonds is 5. The van der Waals surface area contributed by atoms with Crippen LogP contribution in [0.1, 0.15) is 44.4 Å². The Kier molecular flexibility index (Phi) is 5.31. The molecule has 5 heteroatoms. The summed E-state index contributed by atoms with van der Waals surface area (Å²) in [5.74, 6) is 1.96. The molecule has 3 rings (SSSR count). The first kappa shape index (κ1) is 19.1. The van der Waals surface area contributed by atoms with E-state index in [9.17, 15) is 4.79 Å². The molecule has 1 N–H and O–H groups in total. The van der Waals surface area contributed by atoms with Crippen LogP contribution in [0.15, 0.2) is 42.5 Å². The van der Waals surface area contributed by atoms with Gasteiger partial charge in [0, 0.05) is 18.1 Å². The van der Waals surface area contributed by atoms with Crippen LogP contribution in [0.5, 0.6) is 17.2 Å². The maximum absolute atomic E-state index is 12.7. The Morgan fingerprint density at radius 2 is 1.96 bits per heavy atom. The van der Waals surface area contributed by atoms with Crippen molar-refractivity contribution in [3.8, 4) is 17.2 Å². The average molecular weight is 369 g/mol. The molecule has 0 aliphatic carbocycles. The van der Waals surface area contributed by atoms with Crippen molar-refractivity contribution in [1.29, 1.82) is 0 Å². The molecule has 0 saturated carbocycles. The van der Waals surface area contributed by atoms with E-state index in [0.717, 1.165) is 16.9 Å². The summed E-state index contributed by atoms with van der Waals surface area (Å²) < 4.78 is 17.1. The van der Waals surface area contributed by atoms with Crippen LogP contribution >= 0.6 is 0 Å². The number of ether oxygens (including phenoxy) is 3. The Bertz CT molecular complexity index is 831. The second kappa shape index (κ2) is 7.51. The van der Waals surface area contributed by atoms with Crippen LogP contribution in [0, 0.1) is 6.92 Å². The number of carbonyl (C=O) groups is 1. The van der Waals surface area contributed by atoms with E-state index in [1.165, 1.54) is 0 Å². The van der Waals surface area contributed by atoms with Gasteiger partial charge in [0.25, 0.3) is 5.91 Å². The van der Waals surface area contributed by atoms with E-state index in [2.05, 4.69) is 5.32 Å². The predicted octanol–water partition coefficient (Wildman–Crippen LogP) is 4.19. The van der Waals surface area contributed by atoms with E-state index in [0.29, 0.717) is 17.9 Å². The van der Waals surface area contributed by atoms with Gasteiger partial charge in [-0.1, -0.05) is 18.2 Å². The van der Waals surface area contributed by atoms with Crippen molar-refractivity contribution in [3.63, 3.8) is 0 Å². The summed E-state index contributed by atoms with van der Waals surface area (Å²) in [6, 6.07) is 13.2. The molecule has 0 radical (unpaired) electrons. The highest BCUT2D eigenvalue weighted by atomic mass is 16.5. The van der Waals surface area contributed by atoms with Crippen molar-refractivity contribution in [2.45, 2.75) is 51.9 Å². The first-order chi connectivity index (χ1) is 12.8. The average Bonchev–Trinajstić information content (AvgIpc) is 2.60. The molecular formula is C22H27NO4. The van der Waals surface area contributed by atoms with Gasteiger partial charge in [-0.25, -0.2) is 0 Å². The summed E-state index contributed by atoms with van der Waals surface area (Å²) in [4.78, 5) is 12.7. The Balaban J connectivity index is 1.73. The summed E-state index contributed by atoms with van der Waals surface area (Å²) in [6.07, 6.45) is 0.0673. The van der Waals surface area contributed by atoms with Crippen LogP contribution in [0.4, 0.5) is 0 Å². The van der Waals surface area contributed by atoms with Crippen molar-refractivity contribution in [2.24, 2.45) is 0 Å². The highest BCUT2D eigenvalue weighted by Gasteiger charge is 2.35. The first-order valence-electron chi connectivity index (χ1n) is 9.18. The third-order valence-corrected chi connectivity index (χ3v) is 4.67. The molecule has 2 aromatic carbocycles. The summed E-state index contributed by atoms with van der Waals surface area (Å²) >= 11 is 0. The number of nitrogens with one attached hydrogen (secondary N) is 1. The lowest BCUT2D eigenvalue weighted by atomic mass is 9.89. The number of carbonyl (C=O) groups excluding carboxylic acids is 1. The van der Waals surface area contributed by atoms with E-state index in [4.69, 9.17) is 14.2 Å². The lowest BCUT2D eigenvalue weighted by Crippen LogP contribution is -2.44. The van der Waals surface area contributed by atoms with Crippen LogP contribution in [0.25, 0.3) is 0 Å². The van der Waals surface area contributed by atoms with Gasteiger partial charge in [0.15, 0.2) is 6.10 Å². The quantitative estimate of drug-likeness (QED) is 0.859. The Morgan fingerprint density at radius 1 is 1.22 bits per heavy atom. The van der Waals surface area contributed by atoms with Gasteiger partial charge in [-0.05, 0) is 51.5 Å². The molecule has 0 saturated heterocycles. The SMILES string of the molecule is COc1cccc(OC(C)C(=O)NC2CC(C)(C)Oc3cc(C)ccc32)c1. The Labute approximate surface area is 160 Å². The molecule has 0 spiro atoms. The van der Waals surface area contributed by atoms with E-state index >= 15 is 0 Å². The first-order valence-corrected chi connectivity index (χ1v) is 9.18. The molecule has 1 aliphatic heterocycles. The van der Waals surface area contributed by atoms with E-state index in [1.807, 2.05) is 57.2 Å². The van der Waals surface area contributed by atoms with Gasteiger partial charge in [0.1, 0.15) is 22.8 Å². The van der Waals surface area contributed by atoms with Gasteiger partial charge in [0.2, 0.25) is 0 Å². The minimum absolute atomic E-state index is 0.117. The van der Waals surface area contributed by atoms with Gasteiger partial charge < -0.3 is 19.5 Å². The molecule has 27 heavy (non-hydrogen) atoms. The van der Waals surface area contributed by atoms with Gasteiger partial charge in [-0.15, -0.1) is 0 Å². The molecule has 1 aliphatic rings. The molecule has 0 bridgehead atoms. The van der Waals surface area contributed by atoms with Crippen molar-refractivity contribution in [3.05, 3.63) is 53.6 Å². The van der Waals surface area contributed by atoms with Gasteiger partial charge in [-0.2, -0.15) is 0 Å². The highest BCUT2D eigenvalue weighted by molar-refractivity contribution is 5.81. The topological polar surface area (TPSA) is 56.8 Å². The molecule has 1 heterocycles. The summed E-state index contributed by atoms with van der Waals surface area (Å²) in [6.45, 7) is 7.85. The fourth-order valence-corrected chi connectivity index (χ4v) is 3.31. The van der Waals surface area contributed by atoms with Gasteiger partial charge >= 0.3 is 0 Å². The number of methoxy groups -OCH3 is 1. The molecule has 0 aromatic heterocycles. The summed E-state index contributed by atoms with van der Waals surface area (Å²) in [5, 5.41) is 3.12. The summed E-state index contributed by atoms with van der Waals surface area (Å²) in [7, 11) is 1.60. The Morgan fingerprint density at radius 3 is 2.70 bits per heavy atom. The van der Waals surface area contributed by atoms with Crippen LogP contribution in [-0.2, 0) is 4.79 Å². The maximum Gasteiger partial charge on any atom is 0.261 e. The summed E-state index contributed by atoms with van der Waals surface area (Å²) in [5.41, 5.74) is 1.78. The van der Waals surface area contributed by atoms with E-state index in [1.54, 1.807) is 20.1 Å².